The summed E-state index contributed by atoms with van der Waals surface area (Å²) in [7, 11) is 0. The van der Waals surface area contributed by atoms with E-state index in [1.807, 2.05) is 0 Å². The van der Waals surface area contributed by atoms with E-state index in [0.29, 0.717) is 16.4 Å². The molecule has 0 bridgehead atoms. The lowest BCUT2D eigenvalue weighted by atomic mass is 10.3. The van der Waals surface area contributed by atoms with Crippen LogP contribution in [0.4, 0.5) is 5.69 Å². The number of halogens is 1. The first-order valence-electron chi connectivity index (χ1n) is 4.53. The highest BCUT2D eigenvalue weighted by Gasteiger charge is 2.14. The van der Waals surface area contributed by atoms with Crippen LogP contribution >= 0.6 is 11.6 Å². The van der Waals surface area contributed by atoms with Crippen molar-refractivity contribution in [2.75, 3.05) is 5.32 Å². The van der Waals surface area contributed by atoms with Gasteiger partial charge in [0.25, 0.3) is 5.91 Å². The molecule has 2 rings (SSSR count). The average molecular weight is 238 g/mol. The number of hydrogen-bond acceptors (Lipinski definition) is 4. The molecule has 0 unspecified atom stereocenters. The molecule has 1 amide bonds. The minimum absolute atomic E-state index is 0.167. The third-order valence-corrected chi connectivity index (χ3v) is 2.19. The van der Waals surface area contributed by atoms with Gasteiger partial charge in [0, 0.05) is 10.7 Å². The molecule has 1 aromatic heterocycles. The summed E-state index contributed by atoms with van der Waals surface area (Å²) in [6.45, 7) is 1.64. The van der Waals surface area contributed by atoms with E-state index >= 15 is 0 Å². The summed E-state index contributed by atoms with van der Waals surface area (Å²) in [6, 6.07) is 6.83. The summed E-state index contributed by atoms with van der Waals surface area (Å²) in [5.41, 5.74) is 1.21. The Labute approximate surface area is 96.4 Å². The van der Waals surface area contributed by atoms with Crippen molar-refractivity contribution >= 4 is 23.2 Å². The number of hydrogen-bond donors (Lipinski definition) is 1. The summed E-state index contributed by atoms with van der Waals surface area (Å²) in [6.07, 6.45) is 0. The molecule has 1 N–H and O–H groups in total. The van der Waals surface area contributed by atoms with Crippen molar-refractivity contribution in [1.82, 2.24) is 10.3 Å². The molecule has 0 saturated heterocycles. The van der Waals surface area contributed by atoms with Crippen LogP contribution in [0.15, 0.2) is 28.9 Å². The number of amides is 1. The predicted octanol–water partition coefficient (Wildman–Crippen LogP) is 2.28. The number of anilines is 1. The van der Waals surface area contributed by atoms with Crippen molar-refractivity contribution in [3.05, 3.63) is 40.7 Å². The average Bonchev–Trinajstić information content (AvgIpc) is 2.64. The maximum absolute atomic E-state index is 11.7. The molecule has 1 aromatic carbocycles. The summed E-state index contributed by atoms with van der Waals surface area (Å²) < 4.78 is 4.44. The minimum atomic E-state index is -0.374. The molecule has 0 saturated carbocycles. The molecule has 16 heavy (non-hydrogen) atoms. The van der Waals surface area contributed by atoms with Crippen LogP contribution in [-0.2, 0) is 0 Å². The second kappa shape index (κ2) is 4.32. The molecule has 0 spiro atoms. The molecule has 82 valence electrons. The van der Waals surface area contributed by atoms with Crippen LogP contribution in [0.3, 0.4) is 0 Å². The van der Waals surface area contributed by atoms with Crippen LogP contribution < -0.4 is 5.32 Å². The van der Waals surface area contributed by atoms with Gasteiger partial charge in [0.1, 0.15) is 5.69 Å². The van der Waals surface area contributed by atoms with E-state index in [9.17, 15) is 4.79 Å². The Morgan fingerprint density at radius 1 is 1.44 bits per heavy atom. The van der Waals surface area contributed by atoms with E-state index in [2.05, 4.69) is 20.3 Å². The lowest BCUT2D eigenvalue weighted by molar-refractivity contribution is 0.101. The number of rotatable bonds is 2. The number of nitrogens with zero attached hydrogens (tertiary/aromatic N) is 2. The van der Waals surface area contributed by atoms with E-state index in [1.165, 1.54) is 0 Å². The van der Waals surface area contributed by atoms with Crippen LogP contribution in [0.25, 0.3) is 0 Å². The van der Waals surface area contributed by atoms with Gasteiger partial charge in [0.15, 0.2) is 5.69 Å². The van der Waals surface area contributed by atoms with Gasteiger partial charge in [-0.05, 0) is 30.3 Å². The molecular formula is C10H8ClN3O2. The van der Waals surface area contributed by atoms with Crippen molar-refractivity contribution < 1.29 is 9.42 Å². The molecule has 0 radical (unpaired) electrons. The van der Waals surface area contributed by atoms with Gasteiger partial charge in [-0.15, -0.1) is 0 Å². The standard InChI is InChI=1S/C10H8ClN3O2/c1-6-9(14-16-13-6)10(15)12-8-4-2-3-7(11)5-8/h2-5H,1H3,(H,12,15). The van der Waals surface area contributed by atoms with E-state index < -0.39 is 0 Å². The van der Waals surface area contributed by atoms with Crippen LogP contribution in [-0.4, -0.2) is 16.2 Å². The third kappa shape index (κ3) is 2.20. The number of aromatic nitrogens is 2. The number of carbonyl (C=O) groups is 1. The molecule has 6 heteroatoms. The monoisotopic (exact) mass is 237 g/mol. The van der Waals surface area contributed by atoms with Gasteiger partial charge in [-0.3, -0.25) is 4.79 Å². The Hall–Kier alpha value is -1.88. The highest BCUT2D eigenvalue weighted by atomic mass is 35.5. The topological polar surface area (TPSA) is 68.0 Å². The Morgan fingerprint density at radius 2 is 2.25 bits per heavy atom. The van der Waals surface area contributed by atoms with Gasteiger partial charge in [-0.1, -0.05) is 22.8 Å². The van der Waals surface area contributed by atoms with Gasteiger partial charge < -0.3 is 5.32 Å². The van der Waals surface area contributed by atoms with Crippen molar-refractivity contribution in [1.29, 1.82) is 0 Å². The first-order chi connectivity index (χ1) is 7.66. The van der Waals surface area contributed by atoms with Crippen molar-refractivity contribution in [3.8, 4) is 0 Å². The number of nitrogens with one attached hydrogen (secondary N) is 1. The molecule has 0 fully saturated rings. The highest BCUT2D eigenvalue weighted by Crippen LogP contribution is 2.15. The number of aryl methyl sites for hydroxylation is 1. The number of carbonyl (C=O) groups excluding carboxylic acids is 1. The zero-order chi connectivity index (χ0) is 11.5. The molecular weight excluding hydrogens is 230 g/mol. The molecule has 5 nitrogen and oxygen atoms in total. The second-order valence-electron chi connectivity index (χ2n) is 3.16. The van der Waals surface area contributed by atoms with Crippen LogP contribution in [0.5, 0.6) is 0 Å². The zero-order valence-corrected chi connectivity index (χ0v) is 9.15. The van der Waals surface area contributed by atoms with Crippen LogP contribution in [0, 0.1) is 6.92 Å². The Kier molecular flexibility index (Phi) is 2.87. The van der Waals surface area contributed by atoms with Gasteiger partial charge in [-0.2, -0.15) is 0 Å². The lowest BCUT2D eigenvalue weighted by Crippen LogP contribution is -2.13. The van der Waals surface area contributed by atoms with Gasteiger partial charge in [0.2, 0.25) is 0 Å². The highest BCUT2D eigenvalue weighted by molar-refractivity contribution is 6.30. The molecule has 0 aliphatic carbocycles. The normalized spacial score (nSPS) is 10.1. The fraction of sp³-hybridized carbons (Fsp3) is 0.100. The van der Waals surface area contributed by atoms with E-state index in [0.717, 1.165) is 0 Å². The quantitative estimate of drug-likeness (QED) is 0.870. The third-order valence-electron chi connectivity index (χ3n) is 1.95. The molecule has 0 aliphatic heterocycles. The largest absolute Gasteiger partial charge is 0.320 e. The van der Waals surface area contributed by atoms with Crippen LogP contribution in [0.2, 0.25) is 5.02 Å². The summed E-state index contributed by atoms with van der Waals surface area (Å²) in [5.74, 6) is -0.374. The zero-order valence-electron chi connectivity index (χ0n) is 8.40. The Morgan fingerprint density at radius 3 is 2.88 bits per heavy atom. The summed E-state index contributed by atoms with van der Waals surface area (Å²) in [5, 5.41) is 10.2. The molecule has 1 heterocycles. The Balaban J connectivity index is 2.17. The maximum Gasteiger partial charge on any atom is 0.279 e. The second-order valence-corrected chi connectivity index (χ2v) is 3.60. The summed E-state index contributed by atoms with van der Waals surface area (Å²) >= 11 is 5.79. The van der Waals surface area contributed by atoms with Crippen LogP contribution in [0.1, 0.15) is 16.2 Å². The first-order valence-corrected chi connectivity index (χ1v) is 4.90. The Bertz CT molecular complexity index is 524. The summed E-state index contributed by atoms with van der Waals surface area (Å²) in [4.78, 5) is 11.7. The SMILES string of the molecule is Cc1nonc1C(=O)Nc1cccc(Cl)c1. The number of benzene rings is 1. The smallest absolute Gasteiger partial charge is 0.279 e. The molecule has 0 atom stereocenters. The van der Waals surface area contributed by atoms with Gasteiger partial charge in [-0.25, -0.2) is 4.63 Å². The predicted molar refractivity (Wildman–Crippen MR) is 58.4 cm³/mol. The van der Waals surface area contributed by atoms with Gasteiger partial charge >= 0.3 is 0 Å². The van der Waals surface area contributed by atoms with E-state index in [1.54, 1.807) is 31.2 Å². The van der Waals surface area contributed by atoms with Crippen molar-refractivity contribution in [2.45, 2.75) is 6.92 Å². The maximum atomic E-state index is 11.7. The van der Waals surface area contributed by atoms with Crippen molar-refractivity contribution in [3.63, 3.8) is 0 Å². The van der Waals surface area contributed by atoms with Crippen molar-refractivity contribution in [2.24, 2.45) is 0 Å². The lowest BCUT2D eigenvalue weighted by Gasteiger charge is -2.02. The fourth-order valence-corrected chi connectivity index (χ4v) is 1.38. The fourth-order valence-electron chi connectivity index (χ4n) is 1.19. The van der Waals surface area contributed by atoms with Gasteiger partial charge in [0.05, 0.1) is 0 Å². The van der Waals surface area contributed by atoms with E-state index in [-0.39, 0.29) is 11.6 Å². The van der Waals surface area contributed by atoms with E-state index in [4.69, 9.17) is 11.6 Å². The molecule has 2 aromatic rings. The molecule has 0 aliphatic rings. The first kappa shape index (κ1) is 10.6. The minimum Gasteiger partial charge on any atom is -0.320 e.